The van der Waals surface area contributed by atoms with Crippen molar-refractivity contribution >= 4 is 29.1 Å². The highest BCUT2D eigenvalue weighted by atomic mass is 19.1. The summed E-state index contributed by atoms with van der Waals surface area (Å²) in [6.07, 6.45) is -5.95. The van der Waals surface area contributed by atoms with E-state index in [1.807, 2.05) is 30.3 Å². The Morgan fingerprint density at radius 3 is 2.62 bits per heavy atom. The number of esters is 2. The van der Waals surface area contributed by atoms with Crippen molar-refractivity contribution in [3.05, 3.63) is 46.2 Å². The quantitative estimate of drug-likeness (QED) is 0.472. The molecular weight excluding hydrogens is 453 g/mol. The molecule has 1 fully saturated rings. The largest absolute Gasteiger partial charge is 0.463 e. The van der Waals surface area contributed by atoms with Crippen LogP contribution in [-0.2, 0) is 30.4 Å². The van der Waals surface area contributed by atoms with Crippen molar-refractivity contribution in [3.63, 3.8) is 0 Å². The first-order valence-corrected chi connectivity index (χ1v) is 10.3. The molecule has 13 heteroatoms. The molecule has 0 amide bonds. The number of hydrogen-bond acceptors (Lipinski definition) is 10. The molecule has 0 aliphatic carbocycles. The third-order valence-electron chi connectivity index (χ3n) is 5.02. The molecule has 0 bridgehead atoms. The number of rotatable bonds is 7. The maximum Gasteiger partial charge on any atom is 0.303 e. The van der Waals surface area contributed by atoms with Gasteiger partial charge in [-0.15, -0.1) is 0 Å². The van der Waals surface area contributed by atoms with Gasteiger partial charge in [0.15, 0.2) is 29.7 Å². The van der Waals surface area contributed by atoms with Gasteiger partial charge in [0, 0.05) is 13.8 Å². The predicted octanol–water partition coefficient (Wildman–Crippen LogP) is 1.01. The van der Waals surface area contributed by atoms with Crippen LogP contribution >= 0.6 is 0 Å². The lowest BCUT2D eigenvalue weighted by Crippen LogP contribution is -2.34. The lowest BCUT2D eigenvalue weighted by Gasteiger charge is -2.22. The molecule has 0 radical (unpaired) electrons. The number of carbonyl (C=O) groups excluding carboxylic acids is 2. The molecule has 3 N–H and O–H groups in total. The van der Waals surface area contributed by atoms with Crippen LogP contribution in [0.5, 0.6) is 6.01 Å². The molecular formula is C21H22FN5O7. The van der Waals surface area contributed by atoms with E-state index in [0.29, 0.717) is 0 Å². The summed E-state index contributed by atoms with van der Waals surface area (Å²) in [5, 5.41) is 0. The van der Waals surface area contributed by atoms with Crippen LogP contribution in [-0.4, -0.2) is 56.4 Å². The first kappa shape index (κ1) is 23.2. The third-order valence-corrected chi connectivity index (χ3v) is 5.02. The summed E-state index contributed by atoms with van der Waals surface area (Å²) in [6.45, 7) is 1.91. The average Bonchev–Trinajstić information content (AvgIpc) is 3.29. The second kappa shape index (κ2) is 9.47. The van der Waals surface area contributed by atoms with Gasteiger partial charge in [-0.05, 0) is 5.56 Å². The van der Waals surface area contributed by atoms with Crippen molar-refractivity contribution in [1.29, 1.82) is 0 Å². The Kier molecular flexibility index (Phi) is 6.45. The fraction of sp³-hybridized carbons (Fsp3) is 0.381. The van der Waals surface area contributed by atoms with E-state index in [0.717, 1.165) is 12.5 Å². The zero-order valence-electron chi connectivity index (χ0n) is 18.3. The Morgan fingerprint density at radius 1 is 1.21 bits per heavy atom. The number of nitrogens with one attached hydrogen (secondary N) is 1. The van der Waals surface area contributed by atoms with Gasteiger partial charge < -0.3 is 24.7 Å². The molecule has 1 aromatic carbocycles. The standard InChI is InChI=1S/C21H22FN5O7/c1-10(28)31-9-13-14(22)16(33-11(2)29)19(34-13)27-17-15(18(30)26-20(23)25-17)24-21(27)32-8-12-6-4-3-5-7-12/h3-7,13-14,16,19H,8-9H2,1-2H3,(H3,23,25,26,30)/t13-,14?,16+,19-/m1/s1. The van der Waals surface area contributed by atoms with Crippen LogP contribution in [0.1, 0.15) is 25.6 Å². The van der Waals surface area contributed by atoms with Gasteiger partial charge in [-0.25, -0.2) is 8.96 Å². The van der Waals surface area contributed by atoms with Crippen molar-refractivity contribution < 1.29 is 32.9 Å². The number of aromatic nitrogens is 4. The summed E-state index contributed by atoms with van der Waals surface area (Å²) in [5.41, 5.74) is 5.65. The molecule has 180 valence electrons. The highest BCUT2D eigenvalue weighted by Gasteiger charge is 2.50. The third kappa shape index (κ3) is 4.69. The zero-order chi connectivity index (χ0) is 24.4. The maximum atomic E-state index is 15.3. The molecule has 12 nitrogen and oxygen atoms in total. The molecule has 0 spiro atoms. The molecule has 34 heavy (non-hydrogen) atoms. The van der Waals surface area contributed by atoms with Crippen LogP contribution in [0.2, 0.25) is 0 Å². The zero-order valence-corrected chi connectivity index (χ0v) is 18.3. The van der Waals surface area contributed by atoms with Crippen molar-refractivity contribution in [3.8, 4) is 6.01 Å². The minimum atomic E-state index is -1.87. The number of nitrogens with two attached hydrogens (primary N) is 1. The van der Waals surface area contributed by atoms with Gasteiger partial charge in [-0.3, -0.25) is 19.4 Å². The van der Waals surface area contributed by atoms with Gasteiger partial charge in [-0.1, -0.05) is 30.3 Å². The van der Waals surface area contributed by atoms with Gasteiger partial charge in [0.25, 0.3) is 5.56 Å². The number of H-pyrrole nitrogens is 1. The van der Waals surface area contributed by atoms with Crippen molar-refractivity contribution in [2.24, 2.45) is 0 Å². The van der Waals surface area contributed by atoms with Crippen LogP contribution < -0.4 is 16.0 Å². The minimum Gasteiger partial charge on any atom is -0.463 e. The average molecular weight is 475 g/mol. The molecule has 1 aliphatic rings. The molecule has 3 heterocycles. The number of carbonyl (C=O) groups is 2. The Hall–Kier alpha value is -4.00. The van der Waals surface area contributed by atoms with Crippen molar-refractivity contribution in [2.75, 3.05) is 12.3 Å². The molecule has 0 saturated carbocycles. The summed E-state index contributed by atoms with van der Waals surface area (Å²) >= 11 is 0. The van der Waals surface area contributed by atoms with E-state index in [-0.39, 0.29) is 29.7 Å². The fourth-order valence-electron chi connectivity index (χ4n) is 3.59. The van der Waals surface area contributed by atoms with E-state index in [2.05, 4.69) is 15.0 Å². The fourth-order valence-corrected chi connectivity index (χ4v) is 3.59. The Morgan fingerprint density at radius 2 is 1.94 bits per heavy atom. The number of fused-ring (bicyclic) bond motifs is 1. The van der Waals surface area contributed by atoms with Crippen LogP contribution in [0.3, 0.4) is 0 Å². The molecule has 3 aromatic rings. The SMILES string of the molecule is CC(=O)OC[C@H]1O[C@@H](n2c(OCc3ccccc3)nc3c(=O)[nH]c(N)nc32)[C@@H](OC(C)=O)C1F. The number of benzene rings is 1. The first-order chi connectivity index (χ1) is 16.2. The van der Waals surface area contributed by atoms with E-state index in [9.17, 15) is 14.4 Å². The first-order valence-electron chi connectivity index (χ1n) is 10.3. The number of anilines is 1. The van der Waals surface area contributed by atoms with Crippen LogP contribution in [0.15, 0.2) is 35.1 Å². The number of aromatic amines is 1. The second-order valence-corrected chi connectivity index (χ2v) is 7.55. The van der Waals surface area contributed by atoms with E-state index in [4.69, 9.17) is 24.7 Å². The van der Waals surface area contributed by atoms with Gasteiger partial charge in [0.05, 0.1) is 0 Å². The molecule has 2 aromatic heterocycles. The molecule has 4 atom stereocenters. The number of halogens is 1. The number of imidazole rings is 1. The van der Waals surface area contributed by atoms with Crippen LogP contribution in [0.4, 0.5) is 10.3 Å². The highest BCUT2D eigenvalue weighted by molar-refractivity contribution is 5.72. The highest BCUT2D eigenvalue weighted by Crippen LogP contribution is 2.38. The number of nitrogens with zero attached hydrogens (tertiary/aromatic N) is 3. The number of hydrogen-bond donors (Lipinski definition) is 2. The lowest BCUT2D eigenvalue weighted by atomic mass is 10.1. The van der Waals surface area contributed by atoms with Crippen LogP contribution in [0.25, 0.3) is 11.2 Å². The smallest absolute Gasteiger partial charge is 0.303 e. The Bertz CT molecular complexity index is 1260. The topological polar surface area (TPSA) is 161 Å². The van der Waals surface area contributed by atoms with E-state index >= 15 is 4.39 Å². The number of ether oxygens (including phenoxy) is 4. The van der Waals surface area contributed by atoms with E-state index in [1.165, 1.54) is 11.5 Å². The van der Waals surface area contributed by atoms with Gasteiger partial charge in [-0.2, -0.15) is 9.97 Å². The van der Waals surface area contributed by atoms with Gasteiger partial charge in [0.2, 0.25) is 5.95 Å². The van der Waals surface area contributed by atoms with Crippen molar-refractivity contribution in [2.45, 2.75) is 45.1 Å². The lowest BCUT2D eigenvalue weighted by molar-refractivity contribution is -0.154. The summed E-state index contributed by atoms with van der Waals surface area (Å²) in [7, 11) is 0. The number of nitrogen functional groups attached to an aromatic ring is 1. The molecule has 4 rings (SSSR count). The second-order valence-electron chi connectivity index (χ2n) is 7.55. The molecule has 1 unspecified atom stereocenters. The van der Waals surface area contributed by atoms with Crippen LogP contribution in [0, 0.1) is 0 Å². The Balaban J connectivity index is 1.78. The maximum absolute atomic E-state index is 15.3. The Labute approximate surface area is 191 Å². The van der Waals surface area contributed by atoms with Crippen molar-refractivity contribution in [1.82, 2.24) is 19.5 Å². The summed E-state index contributed by atoms with van der Waals surface area (Å²) in [6, 6.07) is 8.97. The monoisotopic (exact) mass is 475 g/mol. The summed E-state index contributed by atoms with van der Waals surface area (Å²) in [5.74, 6) is -1.62. The summed E-state index contributed by atoms with van der Waals surface area (Å²) < 4.78 is 38.2. The van der Waals surface area contributed by atoms with Gasteiger partial charge >= 0.3 is 17.9 Å². The molecule has 1 aliphatic heterocycles. The predicted molar refractivity (Wildman–Crippen MR) is 114 cm³/mol. The van der Waals surface area contributed by atoms with E-state index in [1.54, 1.807) is 0 Å². The number of alkyl halides is 1. The van der Waals surface area contributed by atoms with Gasteiger partial charge in [0.1, 0.15) is 19.3 Å². The normalized spacial score (nSPS) is 22.0. The van der Waals surface area contributed by atoms with E-state index < -0.39 is 48.7 Å². The molecule has 1 saturated heterocycles. The minimum absolute atomic E-state index is 0.0540. The summed E-state index contributed by atoms with van der Waals surface area (Å²) in [4.78, 5) is 46.0.